The molecule has 1 atom stereocenters. The largest absolute Gasteiger partial charge is 0.382 e. The van der Waals surface area contributed by atoms with Crippen molar-refractivity contribution in [2.45, 2.75) is 26.3 Å². The van der Waals surface area contributed by atoms with E-state index in [0.29, 0.717) is 15.8 Å². The molecule has 7 heteroatoms. The van der Waals surface area contributed by atoms with Gasteiger partial charge in [-0.05, 0) is 19.6 Å². The van der Waals surface area contributed by atoms with Crippen molar-refractivity contribution in [3.63, 3.8) is 0 Å². The second-order valence-corrected chi connectivity index (χ2v) is 5.71. The lowest BCUT2D eigenvalue weighted by Crippen LogP contribution is -2.36. The highest BCUT2D eigenvalue weighted by molar-refractivity contribution is 7.98. The molecule has 0 saturated heterocycles. The predicted octanol–water partition coefficient (Wildman–Crippen LogP) is 2.03. The summed E-state index contributed by atoms with van der Waals surface area (Å²) in [6.07, 6.45) is 2.94. The Bertz CT molecular complexity index is 394. The standard InChI is InChI=1S/C11H20N4OS2/c1-4-7(6-17-3)14-10(16)8-9(12)15-11(18-8)13-5-2/h7H,4-6,12H2,1-3H3,(H,13,15)(H,14,16). The van der Waals surface area contributed by atoms with Gasteiger partial charge in [-0.15, -0.1) is 0 Å². The van der Waals surface area contributed by atoms with Crippen LogP contribution in [0.25, 0.3) is 0 Å². The van der Waals surface area contributed by atoms with E-state index in [1.165, 1.54) is 11.3 Å². The van der Waals surface area contributed by atoms with Crippen LogP contribution in [0.4, 0.5) is 10.9 Å². The van der Waals surface area contributed by atoms with Crippen molar-refractivity contribution in [2.24, 2.45) is 0 Å². The molecule has 0 saturated carbocycles. The monoisotopic (exact) mass is 288 g/mol. The number of aromatic nitrogens is 1. The number of rotatable bonds is 7. The van der Waals surface area contributed by atoms with Gasteiger partial charge in [0.2, 0.25) is 0 Å². The maximum absolute atomic E-state index is 12.1. The van der Waals surface area contributed by atoms with Gasteiger partial charge in [0.25, 0.3) is 5.91 Å². The third-order valence-corrected chi connectivity index (χ3v) is 4.15. The van der Waals surface area contributed by atoms with Gasteiger partial charge in [0.05, 0.1) is 0 Å². The molecule has 0 bridgehead atoms. The summed E-state index contributed by atoms with van der Waals surface area (Å²) in [4.78, 5) is 16.7. The first-order valence-electron chi connectivity index (χ1n) is 5.92. The van der Waals surface area contributed by atoms with Crippen molar-refractivity contribution in [3.05, 3.63) is 4.88 Å². The SMILES string of the molecule is CCNc1nc(N)c(C(=O)NC(CC)CSC)s1. The molecule has 0 aliphatic rings. The molecule has 1 heterocycles. The van der Waals surface area contributed by atoms with Crippen molar-refractivity contribution in [1.29, 1.82) is 0 Å². The zero-order chi connectivity index (χ0) is 13.5. The molecule has 1 aromatic rings. The molecule has 0 aliphatic carbocycles. The van der Waals surface area contributed by atoms with E-state index in [1.54, 1.807) is 11.8 Å². The maximum Gasteiger partial charge on any atom is 0.265 e. The van der Waals surface area contributed by atoms with E-state index in [2.05, 4.69) is 22.5 Å². The van der Waals surface area contributed by atoms with Crippen LogP contribution in [0.5, 0.6) is 0 Å². The van der Waals surface area contributed by atoms with Crippen LogP contribution in [0.1, 0.15) is 29.9 Å². The van der Waals surface area contributed by atoms with E-state index in [9.17, 15) is 4.79 Å². The van der Waals surface area contributed by atoms with Crippen molar-refractivity contribution in [2.75, 3.05) is 29.6 Å². The average molecular weight is 288 g/mol. The summed E-state index contributed by atoms with van der Waals surface area (Å²) >= 11 is 3.02. The molecule has 1 aromatic heterocycles. The Kier molecular flexibility index (Phi) is 6.28. The molecule has 1 rings (SSSR count). The highest BCUT2D eigenvalue weighted by Crippen LogP contribution is 2.24. The topological polar surface area (TPSA) is 80.0 Å². The van der Waals surface area contributed by atoms with Crippen LogP contribution in [0.15, 0.2) is 0 Å². The molecule has 5 nitrogen and oxygen atoms in total. The zero-order valence-electron chi connectivity index (χ0n) is 10.9. The Morgan fingerprint density at radius 2 is 2.28 bits per heavy atom. The van der Waals surface area contributed by atoms with Crippen LogP contribution in [0.2, 0.25) is 0 Å². The van der Waals surface area contributed by atoms with Crippen LogP contribution in [-0.4, -0.2) is 35.5 Å². The predicted molar refractivity (Wildman–Crippen MR) is 80.6 cm³/mol. The molecule has 4 N–H and O–H groups in total. The number of carbonyl (C=O) groups excluding carboxylic acids is 1. The molecule has 102 valence electrons. The van der Waals surface area contributed by atoms with Crippen LogP contribution in [0, 0.1) is 0 Å². The fraction of sp³-hybridized carbons (Fsp3) is 0.636. The Hall–Kier alpha value is -0.950. The zero-order valence-corrected chi connectivity index (χ0v) is 12.6. The molecule has 0 aliphatic heterocycles. The first kappa shape index (κ1) is 15.1. The normalized spacial score (nSPS) is 12.2. The second kappa shape index (κ2) is 7.48. The molecule has 0 spiro atoms. The number of carbonyl (C=O) groups is 1. The summed E-state index contributed by atoms with van der Waals surface area (Å²) in [6.45, 7) is 4.79. The van der Waals surface area contributed by atoms with Gasteiger partial charge < -0.3 is 16.4 Å². The van der Waals surface area contributed by atoms with Gasteiger partial charge in [-0.3, -0.25) is 4.79 Å². The molecule has 1 unspecified atom stereocenters. The Morgan fingerprint density at radius 1 is 1.56 bits per heavy atom. The molecule has 0 fully saturated rings. The van der Waals surface area contributed by atoms with E-state index in [0.717, 1.165) is 18.7 Å². The first-order valence-corrected chi connectivity index (χ1v) is 8.13. The number of anilines is 2. The number of nitrogens with one attached hydrogen (secondary N) is 2. The lowest BCUT2D eigenvalue weighted by Gasteiger charge is -2.14. The lowest BCUT2D eigenvalue weighted by atomic mass is 10.2. The van der Waals surface area contributed by atoms with E-state index in [1.807, 2.05) is 13.2 Å². The van der Waals surface area contributed by atoms with E-state index >= 15 is 0 Å². The Labute approximate surface area is 116 Å². The van der Waals surface area contributed by atoms with Gasteiger partial charge in [-0.1, -0.05) is 18.3 Å². The summed E-state index contributed by atoms with van der Waals surface area (Å²) < 4.78 is 0. The molecule has 0 radical (unpaired) electrons. The number of nitrogens with zero attached hydrogens (tertiary/aromatic N) is 1. The summed E-state index contributed by atoms with van der Waals surface area (Å²) in [5.74, 6) is 1.07. The summed E-state index contributed by atoms with van der Waals surface area (Å²) in [5.41, 5.74) is 5.76. The summed E-state index contributed by atoms with van der Waals surface area (Å²) in [5, 5.41) is 6.74. The van der Waals surface area contributed by atoms with Crippen molar-refractivity contribution < 1.29 is 4.79 Å². The van der Waals surface area contributed by atoms with Gasteiger partial charge in [0.15, 0.2) is 5.13 Å². The molecular formula is C11H20N4OS2. The average Bonchev–Trinajstić information content (AvgIpc) is 2.70. The summed E-state index contributed by atoms with van der Waals surface area (Å²) in [6, 6.07) is 0.177. The van der Waals surface area contributed by atoms with Gasteiger partial charge >= 0.3 is 0 Å². The lowest BCUT2D eigenvalue weighted by molar-refractivity contribution is 0.0945. The highest BCUT2D eigenvalue weighted by Gasteiger charge is 2.18. The smallest absolute Gasteiger partial charge is 0.265 e. The van der Waals surface area contributed by atoms with Gasteiger partial charge in [0.1, 0.15) is 10.7 Å². The van der Waals surface area contributed by atoms with E-state index in [4.69, 9.17) is 5.73 Å². The highest BCUT2D eigenvalue weighted by atomic mass is 32.2. The van der Waals surface area contributed by atoms with E-state index < -0.39 is 0 Å². The Balaban J connectivity index is 2.70. The molecule has 18 heavy (non-hydrogen) atoms. The van der Waals surface area contributed by atoms with Crippen LogP contribution in [-0.2, 0) is 0 Å². The number of thioether (sulfide) groups is 1. The van der Waals surface area contributed by atoms with Crippen molar-refractivity contribution in [1.82, 2.24) is 10.3 Å². The number of hydrogen-bond acceptors (Lipinski definition) is 6. The van der Waals surface area contributed by atoms with Crippen LogP contribution in [0.3, 0.4) is 0 Å². The van der Waals surface area contributed by atoms with Gasteiger partial charge in [-0.2, -0.15) is 11.8 Å². The minimum absolute atomic E-state index is 0.130. The minimum atomic E-state index is -0.130. The number of thiazole rings is 1. The quantitative estimate of drug-likeness (QED) is 0.715. The number of amides is 1. The number of nitrogen functional groups attached to an aromatic ring is 1. The van der Waals surface area contributed by atoms with Crippen LogP contribution >= 0.6 is 23.1 Å². The van der Waals surface area contributed by atoms with E-state index in [-0.39, 0.29) is 11.9 Å². The minimum Gasteiger partial charge on any atom is -0.382 e. The number of hydrogen-bond donors (Lipinski definition) is 3. The molecular weight excluding hydrogens is 268 g/mol. The first-order chi connectivity index (χ1) is 8.62. The van der Waals surface area contributed by atoms with Crippen LogP contribution < -0.4 is 16.4 Å². The summed E-state index contributed by atoms with van der Waals surface area (Å²) in [7, 11) is 0. The van der Waals surface area contributed by atoms with Gasteiger partial charge in [-0.25, -0.2) is 4.98 Å². The molecule has 0 aromatic carbocycles. The van der Waals surface area contributed by atoms with Crippen molar-refractivity contribution >= 4 is 40.0 Å². The molecule has 1 amide bonds. The fourth-order valence-electron chi connectivity index (χ4n) is 1.44. The fourth-order valence-corrected chi connectivity index (χ4v) is 3.01. The number of nitrogens with two attached hydrogens (primary N) is 1. The Morgan fingerprint density at radius 3 is 2.83 bits per heavy atom. The second-order valence-electron chi connectivity index (χ2n) is 3.80. The van der Waals surface area contributed by atoms with Crippen molar-refractivity contribution in [3.8, 4) is 0 Å². The third-order valence-electron chi connectivity index (χ3n) is 2.38. The third kappa shape index (κ3) is 4.06. The maximum atomic E-state index is 12.1. The van der Waals surface area contributed by atoms with Gasteiger partial charge in [0, 0.05) is 18.3 Å².